The molecule has 0 saturated carbocycles. The zero-order chi connectivity index (χ0) is 19.1. The molecule has 2 aromatic carbocycles. The molecule has 3 heterocycles. The van der Waals surface area contributed by atoms with Crippen molar-refractivity contribution < 1.29 is 14.3 Å². The molecule has 1 aliphatic rings. The highest BCUT2D eigenvalue weighted by molar-refractivity contribution is 6.45. The maximum absolute atomic E-state index is 13.2. The molecule has 0 bridgehead atoms. The molecule has 28 heavy (non-hydrogen) atoms. The quantitative estimate of drug-likeness (QED) is 0.427. The minimum Gasteiger partial charge on any atom is -0.377 e. The third kappa shape index (κ3) is 2.61. The first-order valence-corrected chi connectivity index (χ1v) is 9.29. The number of carbonyl (C=O) groups is 2. The molecule has 1 aliphatic heterocycles. The summed E-state index contributed by atoms with van der Waals surface area (Å²) in [6, 6.07) is 15.1. The summed E-state index contributed by atoms with van der Waals surface area (Å²) in [5.74, 6) is -0.993. The molecule has 0 aliphatic carbocycles. The first kappa shape index (κ1) is 16.8. The summed E-state index contributed by atoms with van der Waals surface area (Å²) in [5, 5.41) is 1.80. The smallest absolute Gasteiger partial charge is 0.295 e. The van der Waals surface area contributed by atoms with Crippen LogP contribution in [-0.2, 0) is 9.53 Å². The van der Waals surface area contributed by atoms with Crippen molar-refractivity contribution in [2.75, 3.05) is 19.8 Å². The average molecular weight is 373 g/mol. The number of morpholine rings is 1. The minimum atomic E-state index is -0.497. The first-order valence-electron chi connectivity index (χ1n) is 9.29. The Morgan fingerprint density at radius 3 is 2.43 bits per heavy atom. The number of aromatic amines is 2. The molecule has 1 amide bonds. The van der Waals surface area contributed by atoms with Crippen LogP contribution in [0.1, 0.15) is 22.0 Å². The molecular formula is C22H19N3O3. The number of nitrogens with one attached hydrogen (secondary N) is 2. The van der Waals surface area contributed by atoms with E-state index in [1.165, 1.54) is 0 Å². The van der Waals surface area contributed by atoms with E-state index in [0.717, 1.165) is 27.4 Å². The molecule has 1 unspecified atom stereocenters. The van der Waals surface area contributed by atoms with Crippen LogP contribution in [-0.4, -0.2) is 46.3 Å². The Morgan fingerprint density at radius 2 is 1.61 bits per heavy atom. The number of ether oxygens (including phenoxy) is 1. The van der Waals surface area contributed by atoms with E-state index < -0.39 is 11.7 Å². The molecule has 2 aromatic heterocycles. The minimum absolute atomic E-state index is 0.299. The normalized spacial score (nSPS) is 17.3. The number of rotatable bonds is 3. The second-order valence-corrected chi connectivity index (χ2v) is 6.96. The topological polar surface area (TPSA) is 78.2 Å². The van der Waals surface area contributed by atoms with E-state index in [1.807, 2.05) is 54.7 Å². The number of nitrogens with zero attached hydrogens (tertiary/aromatic N) is 1. The van der Waals surface area contributed by atoms with Gasteiger partial charge >= 0.3 is 0 Å². The number of H-pyrrole nitrogens is 2. The second kappa shape index (κ2) is 6.65. The van der Waals surface area contributed by atoms with Crippen LogP contribution in [0.15, 0.2) is 60.9 Å². The fourth-order valence-electron chi connectivity index (χ4n) is 3.98. The molecule has 0 radical (unpaired) electrons. The number of aromatic nitrogens is 2. The highest BCUT2D eigenvalue weighted by atomic mass is 16.5. The summed E-state index contributed by atoms with van der Waals surface area (Å²) in [7, 11) is 0. The summed E-state index contributed by atoms with van der Waals surface area (Å²) in [6.45, 7) is 1.18. The van der Waals surface area contributed by atoms with Gasteiger partial charge in [0.05, 0.1) is 24.8 Å². The molecule has 6 nitrogen and oxygen atoms in total. The number of hydrogen-bond donors (Lipinski definition) is 2. The lowest BCUT2D eigenvalue weighted by atomic mass is 10.0. The summed E-state index contributed by atoms with van der Waals surface area (Å²) >= 11 is 0. The second-order valence-electron chi connectivity index (χ2n) is 6.96. The van der Waals surface area contributed by atoms with Crippen LogP contribution in [0.3, 0.4) is 0 Å². The maximum Gasteiger partial charge on any atom is 0.295 e. The molecule has 1 fully saturated rings. The molecular weight excluding hydrogens is 354 g/mol. The number of ketones is 1. The Balaban J connectivity index is 1.51. The lowest BCUT2D eigenvalue weighted by molar-refractivity contribution is -0.135. The maximum atomic E-state index is 13.2. The van der Waals surface area contributed by atoms with Gasteiger partial charge in [0.2, 0.25) is 0 Å². The van der Waals surface area contributed by atoms with Gasteiger partial charge in [-0.05, 0) is 12.1 Å². The van der Waals surface area contributed by atoms with Crippen LogP contribution >= 0.6 is 0 Å². The Labute approximate surface area is 161 Å². The third-order valence-electron chi connectivity index (χ3n) is 5.40. The lowest BCUT2D eigenvalue weighted by Gasteiger charge is -2.35. The highest BCUT2D eigenvalue weighted by Crippen LogP contribution is 2.31. The molecule has 2 N–H and O–H groups in total. The Bertz CT molecular complexity index is 1190. The van der Waals surface area contributed by atoms with E-state index in [4.69, 9.17) is 4.74 Å². The van der Waals surface area contributed by atoms with Crippen molar-refractivity contribution in [1.29, 1.82) is 0 Å². The van der Waals surface area contributed by atoms with Crippen molar-refractivity contribution in [3.63, 3.8) is 0 Å². The third-order valence-corrected chi connectivity index (χ3v) is 5.40. The SMILES string of the molecule is O=C(C(=O)N1CCOCC1c1c[nH]c2ccccc12)c1c[nH]c2ccccc12. The van der Waals surface area contributed by atoms with Gasteiger partial charge in [0.1, 0.15) is 0 Å². The van der Waals surface area contributed by atoms with Crippen molar-refractivity contribution in [3.8, 4) is 0 Å². The van der Waals surface area contributed by atoms with Gasteiger partial charge in [-0.25, -0.2) is 0 Å². The van der Waals surface area contributed by atoms with Gasteiger partial charge in [-0.3, -0.25) is 9.59 Å². The summed E-state index contributed by atoms with van der Waals surface area (Å²) in [5.41, 5.74) is 3.22. The van der Waals surface area contributed by atoms with Gasteiger partial charge in [-0.15, -0.1) is 0 Å². The van der Waals surface area contributed by atoms with Gasteiger partial charge in [0.15, 0.2) is 0 Å². The van der Waals surface area contributed by atoms with Crippen LogP contribution in [0.4, 0.5) is 0 Å². The van der Waals surface area contributed by atoms with Gasteiger partial charge in [0.25, 0.3) is 11.7 Å². The van der Waals surface area contributed by atoms with E-state index in [9.17, 15) is 9.59 Å². The summed E-state index contributed by atoms with van der Waals surface area (Å²) in [4.78, 5) is 34.2. The van der Waals surface area contributed by atoms with E-state index in [1.54, 1.807) is 11.1 Å². The number of hydrogen-bond acceptors (Lipinski definition) is 3. The molecule has 4 aromatic rings. The van der Waals surface area contributed by atoms with Crippen LogP contribution in [0.25, 0.3) is 21.8 Å². The molecule has 140 valence electrons. The van der Waals surface area contributed by atoms with Gasteiger partial charge in [0, 0.05) is 46.3 Å². The van der Waals surface area contributed by atoms with Crippen molar-refractivity contribution in [2.45, 2.75) is 6.04 Å². The van der Waals surface area contributed by atoms with Crippen molar-refractivity contribution in [1.82, 2.24) is 14.9 Å². The molecule has 0 spiro atoms. The van der Waals surface area contributed by atoms with Crippen LogP contribution in [0, 0.1) is 0 Å². The Hall–Kier alpha value is -3.38. The first-order chi connectivity index (χ1) is 13.7. The number of fused-ring (bicyclic) bond motifs is 2. The summed E-state index contributed by atoms with van der Waals surface area (Å²) in [6.07, 6.45) is 3.52. The molecule has 6 heteroatoms. The monoisotopic (exact) mass is 373 g/mol. The van der Waals surface area contributed by atoms with E-state index in [2.05, 4.69) is 9.97 Å². The Kier molecular flexibility index (Phi) is 3.98. The largest absolute Gasteiger partial charge is 0.377 e. The van der Waals surface area contributed by atoms with Crippen LogP contribution in [0.2, 0.25) is 0 Å². The van der Waals surface area contributed by atoms with Gasteiger partial charge in [-0.2, -0.15) is 0 Å². The standard InChI is InChI=1S/C22H19N3O3/c26-21(17-12-24-19-8-4-2-6-15(17)19)22(27)25-9-10-28-13-20(25)16-11-23-18-7-3-1-5-14(16)18/h1-8,11-12,20,23-24H,9-10,13H2. The number of benzene rings is 2. The fourth-order valence-corrected chi connectivity index (χ4v) is 3.98. The van der Waals surface area contributed by atoms with Gasteiger partial charge in [-0.1, -0.05) is 36.4 Å². The average Bonchev–Trinajstić information content (AvgIpc) is 3.37. The molecule has 5 rings (SSSR count). The van der Waals surface area contributed by atoms with Crippen molar-refractivity contribution >= 4 is 33.5 Å². The van der Waals surface area contributed by atoms with E-state index >= 15 is 0 Å². The van der Waals surface area contributed by atoms with Crippen molar-refractivity contribution in [3.05, 3.63) is 72.1 Å². The fraction of sp³-hybridized carbons (Fsp3) is 0.182. The van der Waals surface area contributed by atoms with E-state index in [-0.39, 0.29) is 6.04 Å². The number of Topliss-reactive ketones (excluding diaryl/α,β-unsaturated/α-hetero) is 1. The number of carbonyl (C=O) groups excluding carboxylic acids is 2. The zero-order valence-corrected chi connectivity index (χ0v) is 15.1. The lowest BCUT2D eigenvalue weighted by Crippen LogP contribution is -2.46. The van der Waals surface area contributed by atoms with E-state index in [0.29, 0.717) is 25.3 Å². The van der Waals surface area contributed by atoms with Crippen LogP contribution < -0.4 is 0 Å². The zero-order valence-electron chi connectivity index (χ0n) is 15.1. The van der Waals surface area contributed by atoms with Crippen molar-refractivity contribution in [2.24, 2.45) is 0 Å². The number of para-hydroxylation sites is 2. The summed E-state index contributed by atoms with van der Waals surface area (Å²) < 4.78 is 5.65. The van der Waals surface area contributed by atoms with Crippen LogP contribution in [0.5, 0.6) is 0 Å². The Morgan fingerprint density at radius 1 is 0.929 bits per heavy atom. The predicted octanol–water partition coefficient (Wildman–Crippen LogP) is 3.43. The predicted molar refractivity (Wildman–Crippen MR) is 106 cm³/mol. The molecule has 1 atom stereocenters. The number of amides is 1. The highest BCUT2D eigenvalue weighted by Gasteiger charge is 2.34. The molecule has 1 saturated heterocycles. The van der Waals surface area contributed by atoms with Gasteiger partial charge < -0.3 is 19.6 Å².